The Morgan fingerprint density at radius 2 is 1.80 bits per heavy atom. The molecule has 0 aliphatic carbocycles. The quantitative estimate of drug-likeness (QED) is 0.471. The smallest absolute Gasteiger partial charge is 0.450 e. The number of carbonyl (C=O) groups is 1. The van der Waals surface area contributed by atoms with Gasteiger partial charge in [-0.2, -0.15) is 0 Å². The Morgan fingerprint density at radius 3 is 2.45 bits per heavy atom. The van der Waals surface area contributed by atoms with Crippen LogP contribution >= 0.6 is 0 Å². The van der Waals surface area contributed by atoms with Gasteiger partial charge < -0.3 is 9.84 Å². The first kappa shape index (κ1) is 16.5. The fourth-order valence-electron chi connectivity index (χ4n) is 2.51. The maximum absolute atomic E-state index is 10.3. The molecule has 1 N–H and O–H groups in total. The van der Waals surface area contributed by atoms with Crippen LogP contribution in [-0.4, -0.2) is 17.9 Å². The molecule has 1 rings (SSSR count). The van der Waals surface area contributed by atoms with Gasteiger partial charge in [0.1, 0.15) is 0 Å². The van der Waals surface area contributed by atoms with E-state index in [1.165, 1.54) is 37.7 Å². The molecule has 0 radical (unpaired) electrons. The van der Waals surface area contributed by atoms with E-state index in [1.54, 1.807) is 0 Å². The minimum absolute atomic E-state index is 0.299. The van der Waals surface area contributed by atoms with Crippen LogP contribution in [0.25, 0.3) is 0 Å². The number of ether oxygens (including phenoxy) is 1. The highest BCUT2D eigenvalue weighted by atomic mass is 16.7. The van der Waals surface area contributed by atoms with Gasteiger partial charge in [-0.3, -0.25) is 0 Å². The summed E-state index contributed by atoms with van der Waals surface area (Å²) in [7, 11) is 0. The lowest BCUT2D eigenvalue weighted by Crippen LogP contribution is -2.05. The van der Waals surface area contributed by atoms with Gasteiger partial charge >= 0.3 is 6.16 Å². The lowest BCUT2D eigenvalue weighted by molar-refractivity contribution is 0.0895. The van der Waals surface area contributed by atoms with Crippen LogP contribution in [0, 0.1) is 0 Å². The van der Waals surface area contributed by atoms with E-state index in [4.69, 9.17) is 5.11 Å². The highest BCUT2D eigenvalue weighted by Gasteiger charge is 2.11. The Balaban J connectivity index is 2.40. The second-order valence-corrected chi connectivity index (χ2v) is 5.21. The molecule has 0 amide bonds. The zero-order chi connectivity index (χ0) is 14.6. The van der Waals surface area contributed by atoms with Gasteiger partial charge in [0.05, 0.1) is 6.61 Å². The minimum Gasteiger partial charge on any atom is -0.450 e. The third kappa shape index (κ3) is 7.17. The van der Waals surface area contributed by atoms with Crippen molar-refractivity contribution < 1.29 is 14.6 Å². The molecule has 0 saturated heterocycles. The summed E-state index contributed by atoms with van der Waals surface area (Å²) in [6, 6.07) is 10.5. The van der Waals surface area contributed by atoms with E-state index in [-0.39, 0.29) is 0 Å². The second-order valence-electron chi connectivity index (χ2n) is 5.21. The molecule has 20 heavy (non-hydrogen) atoms. The zero-order valence-electron chi connectivity index (χ0n) is 12.4. The highest BCUT2D eigenvalue weighted by Crippen LogP contribution is 2.27. The fourth-order valence-corrected chi connectivity index (χ4v) is 2.51. The van der Waals surface area contributed by atoms with Gasteiger partial charge in [-0.25, -0.2) is 4.79 Å². The van der Waals surface area contributed by atoms with Crippen molar-refractivity contribution in [3.05, 3.63) is 35.9 Å². The predicted octanol–water partition coefficient (Wildman–Crippen LogP) is 5.22. The second kappa shape index (κ2) is 10.3. The fraction of sp³-hybridized carbons (Fsp3) is 0.588. The molecular formula is C17H26O3. The van der Waals surface area contributed by atoms with E-state index in [0.717, 1.165) is 12.8 Å². The van der Waals surface area contributed by atoms with Gasteiger partial charge in [-0.1, -0.05) is 62.9 Å². The number of unbranched alkanes of at least 4 members (excludes halogenated alkanes) is 3. The summed E-state index contributed by atoms with van der Waals surface area (Å²) in [6.07, 6.45) is 6.86. The normalized spacial score (nSPS) is 12.1. The van der Waals surface area contributed by atoms with Gasteiger partial charge in [0, 0.05) is 0 Å². The molecule has 1 unspecified atom stereocenters. The lowest BCUT2D eigenvalue weighted by Gasteiger charge is -2.17. The van der Waals surface area contributed by atoms with Crippen molar-refractivity contribution >= 4 is 6.16 Å². The van der Waals surface area contributed by atoms with Gasteiger partial charge in [0.15, 0.2) is 0 Å². The van der Waals surface area contributed by atoms with Crippen molar-refractivity contribution in [1.29, 1.82) is 0 Å². The molecule has 3 nitrogen and oxygen atoms in total. The van der Waals surface area contributed by atoms with Crippen molar-refractivity contribution in [3.63, 3.8) is 0 Å². The van der Waals surface area contributed by atoms with Crippen molar-refractivity contribution in [2.45, 2.75) is 57.8 Å². The number of benzene rings is 1. The van der Waals surface area contributed by atoms with Crippen LogP contribution in [0.3, 0.4) is 0 Å². The molecule has 0 aromatic heterocycles. The largest absolute Gasteiger partial charge is 0.505 e. The van der Waals surface area contributed by atoms with Crippen LogP contribution < -0.4 is 0 Å². The third-order valence-corrected chi connectivity index (χ3v) is 3.60. The zero-order valence-corrected chi connectivity index (χ0v) is 12.4. The van der Waals surface area contributed by atoms with Crippen LogP contribution in [0.15, 0.2) is 30.3 Å². The van der Waals surface area contributed by atoms with Crippen LogP contribution in [0.4, 0.5) is 4.79 Å². The molecule has 0 aliphatic rings. The molecule has 0 fully saturated rings. The summed E-state index contributed by atoms with van der Waals surface area (Å²) in [5, 5.41) is 8.47. The Hall–Kier alpha value is -1.51. The van der Waals surface area contributed by atoms with E-state index in [2.05, 4.69) is 35.9 Å². The van der Waals surface area contributed by atoms with Crippen molar-refractivity contribution in [1.82, 2.24) is 0 Å². The maximum Gasteiger partial charge on any atom is 0.505 e. The number of rotatable bonds is 10. The maximum atomic E-state index is 10.3. The summed E-state index contributed by atoms with van der Waals surface area (Å²) in [5.41, 5.74) is 1.36. The molecule has 0 spiro atoms. The molecule has 1 aromatic carbocycles. The summed E-state index contributed by atoms with van der Waals surface area (Å²) < 4.78 is 4.59. The predicted molar refractivity (Wildman–Crippen MR) is 81.2 cm³/mol. The molecule has 0 saturated carbocycles. The van der Waals surface area contributed by atoms with Crippen LogP contribution in [0.5, 0.6) is 0 Å². The monoisotopic (exact) mass is 278 g/mol. The van der Waals surface area contributed by atoms with E-state index < -0.39 is 6.16 Å². The van der Waals surface area contributed by atoms with Crippen molar-refractivity contribution in [2.24, 2.45) is 0 Å². The number of hydrogen-bond donors (Lipinski definition) is 1. The van der Waals surface area contributed by atoms with E-state index in [9.17, 15) is 4.79 Å². The average molecular weight is 278 g/mol. The van der Waals surface area contributed by atoms with E-state index >= 15 is 0 Å². The van der Waals surface area contributed by atoms with Crippen LogP contribution in [0.1, 0.15) is 63.4 Å². The van der Waals surface area contributed by atoms with Crippen LogP contribution in [-0.2, 0) is 4.74 Å². The highest BCUT2D eigenvalue weighted by molar-refractivity contribution is 5.56. The molecule has 1 aromatic rings. The average Bonchev–Trinajstić information content (AvgIpc) is 2.46. The molecule has 1 atom stereocenters. The van der Waals surface area contributed by atoms with Crippen molar-refractivity contribution in [3.8, 4) is 0 Å². The number of carboxylic acid groups (broad SMARTS) is 1. The van der Waals surface area contributed by atoms with Gasteiger partial charge in [-0.15, -0.1) is 0 Å². The first-order chi connectivity index (χ1) is 9.74. The third-order valence-electron chi connectivity index (χ3n) is 3.60. The first-order valence-corrected chi connectivity index (χ1v) is 7.64. The van der Waals surface area contributed by atoms with Gasteiger partial charge in [0.2, 0.25) is 0 Å². The Bertz CT molecular complexity index is 362. The Morgan fingerprint density at radius 1 is 1.10 bits per heavy atom. The summed E-state index contributed by atoms with van der Waals surface area (Å²) in [4.78, 5) is 10.3. The molecule has 112 valence electrons. The van der Waals surface area contributed by atoms with Crippen LogP contribution in [0.2, 0.25) is 0 Å². The first-order valence-electron chi connectivity index (χ1n) is 7.64. The standard InChI is InChI=1S/C17H26O3/c1-2-3-4-6-10-16(13-9-14-20-17(18)19)15-11-7-5-8-12-15/h5,7-8,11-12,16H,2-4,6,9-10,13-14H2,1H3,(H,18,19). The summed E-state index contributed by atoms with van der Waals surface area (Å²) in [5.74, 6) is 0.519. The topological polar surface area (TPSA) is 46.5 Å². The molecule has 0 bridgehead atoms. The SMILES string of the molecule is CCCCCCC(CCCOC(=O)O)c1ccccc1. The minimum atomic E-state index is -1.18. The molecule has 0 aliphatic heterocycles. The molecule has 0 heterocycles. The number of hydrogen-bond acceptors (Lipinski definition) is 2. The van der Waals surface area contributed by atoms with E-state index in [0.29, 0.717) is 12.5 Å². The van der Waals surface area contributed by atoms with Crippen molar-refractivity contribution in [2.75, 3.05) is 6.61 Å². The Labute approximate surface area is 122 Å². The Kier molecular flexibility index (Phi) is 8.52. The summed E-state index contributed by atoms with van der Waals surface area (Å²) >= 11 is 0. The summed E-state index contributed by atoms with van der Waals surface area (Å²) in [6.45, 7) is 2.52. The van der Waals surface area contributed by atoms with E-state index in [1.807, 2.05) is 6.07 Å². The molecule has 3 heteroatoms. The molecular weight excluding hydrogens is 252 g/mol. The van der Waals surface area contributed by atoms with Gasteiger partial charge in [0.25, 0.3) is 0 Å². The lowest BCUT2D eigenvalue weighted by atomic mass is 9.89. The van der Waals surface area contributed by atoms with Gasteiger partial charge in [-0.05, 0) is 30.7 Å².